The lowest BCUT2D eigenvalue weighted by atomic mass is 10.2. The minimum absolute atomic E-state index is 0.0207. The third-order valence-electron chi connectivity index (χ3n) is 3.31. The molecule has 0 aliphatic carbocycles. The van der Waals surface area contributed by atoms with Crippen LogP contribution in [-0.4, -0.2) is 40.6 Å². The van der Waals surface area contributed by atoms with Gasteiger partial charge in [-0.1, -0.05) is 5.16 Å². The molecule has 10 heteroatoms. The predicted molar refractivity (Wildman–Crippen MR) is 103 cm³/mol. The minimum Gasteiger partial charge on any atom is -0.452 e. The summed E-state index contributed by atoms with van der Waals surface area (Å²) >= 11 is 1.05. The lowest BCUT2D eigenvalue weighted by Crippen LogP contribution is -2.30. The molecule has 1 heterocycles. The maximum absolute atomic E-state index is 12.0. The SMILES string of the molecule is Cc1cc(NC(=O)CSCC(=O)O[C@@H](C)C(=O)Nc2ccc(C#N)cc2)no1. The lowest BCUT2D eigenvalue weighted by molar-refractivity contribution is -0.150. The zero-order valence-electron chi connectivity index (χ0n) is 15.2. The molecule has 1 aromatic carbocycles. The number of aryl methyl sites for hydroxylation is 1. The molecule has 2 aromatic rings. The van der Waals surface area contributed by atoms with E-state index in [9.17, 15) is 14.4 Å². The van der Waals surface area contributed by atoms with Gasteiger partial charge in [-0.2, -0.15) is 5.26 Å². The number of aromatic nitrogens is 1. The molecule has 0 fully saturated rings. The van der Waals surface area contributed by atoms with Crippen LogP contribution in [0.5, 0.6) is 0 Å². The molecule has 146 valence electrons. The van der Waals surface area contributed by atoms with Crippen LogP contribution in [0.25, 0.3) is 0 Å². The van der Waals surface area contributed by atoms with E-state index in [-0.39, 0.29) is 17.4 Å². The number of hydrogen-bond donors (Lipinski definition) is 2. The van der Waals surface area contributed by atoms with Gasteiger partial charge < -0.3 is 19.9 Å². The molecule has 28 heavy (non-hydrogen) atoms. The van der Waals surface area contributed by atoms with Crippen molar-refractivity contribution in [2.45, 2.75) is 20.0 Å². The largest absolute Gasteiger partial charge is 0.452 e. The summed E-state index contributed by atoms with van der Waals surface area (Å²) in [5.41, 5.74) is 0.957. The van der Waals surface area contributed by atoms with Gasteiger partial charge in [0.15, 0.2) is 11.9 Å². The van der Waals surface area contributed by atoms with Crippen molar-refractivity contribution in [2.75, 3.05) is 22.1 Å². The third kappa shape index (κ3) is 6.77. The fourth-order valence-electron chi connectivity index (χ4n) is 1.99. The molecule has 1 aromatic heterocycles. The van der Waals surface area contributed by atoms with Crippen molar-refractivity contribution in [1.29, 1.82) is 5.26 Å². The molecular formula is C18H18N4O5S. The van der Waals surface area contributed by atoms with Gasteiger partial charge in [0.2, 0.25) is 5.91 Å². The van der Waals surface area contributed by atoms with E-state index < -0.39 is 18.0 Å². The molecule has 2 N–H and O–H groups in total. The third-order valence-corrected chi connectivity index (χ3v) is 4.21. The predicted octanol–water partition coefficient (Wildman–Crippen LogP) is 2.10. The first-order chi connectivity index (χ1) is 13.4. The molecule has 0 saturated carbocycles. The molecular weight excluding hydrogens is 384 g/mol. The second-order valence-corrected chi connectivity index (χ2v) is 6.66. The van der Waals surface area contributed by atoms with Gasteiger partial charge in [0.25, 0.3) is 5.91 Å². The van der Waals surface area contributed by atoms with Gasteiger partial charge in [0, 0.05) is 11.8 Å². The second-order valence-electron chi connectivity index (χ2n) is 5.67. The normalized spacial score (nSPS) is 11.2. The van der Waals surface area contributed by atoms with Crippen molar-refractivity contribution in [2.24, 2.45) is 0 Å². The van der Waals surface area contributed by atoms with Crippen LogP contribution in [0.1, 0.15) is 18.2 Å². The summed E-state index contributed by atoms with van der Waals surface area (Å²) in [4.78, 5) is 35.6. The lowest BCUT2D eigenvalue weighted by Gasteiger charge is -2.13. The molecule has 0 bridgehead atoms. The standard InChI is InChI=1S/C18H18N4O5S/c1-11-7-15(22-27-11)21-16(23)9-28-10-17(24)26-12(2)18(25)20-14-5-3-13(8-19)4-6-14/h3-7,12H,9-10H2,1-2H3,(H,20,25)(H,21,22,23)/t12-/m0/s1. The second kappa shape index (κ2) is 10.1. The summed E-state index contributed by atoms with van der Waals surface area (Å²) in [6.07, 6.45) is -1.00. The van der Waals surface area contributed by atoms with E-state index in [0.29, 0.717) is 22.8 Å². The molecule has 0 aliphatic rings. The van der Waals surface area contributed by atoms with Crippen LogP contribution in [0.3, 0.4) is 0 Å². The van der Waals surface area contributed by atoms with Gasteiger partial charge in [0.05, 0.1) is 23.1 Å². The Morgan fingerprint density at radius 3 is 2.57 bits per heavy atom. The van der Waals surface area contributed by atoms with Crippen LogP contribution >= 0.6 is 11.8 Å². The number of carbonyl (C=O) groups excluding carboxylic acids is 3. The highest BCUT2D eigenvalue weighted by Gasteiger charge is 2.18. The number of nitrogens with one attached hydrogen (secondary N) is 2. The summed E-state index contributed by atoms with van der Waals surface area (Å²) in [6, 6.07) is 9.84. The Balaban J connectivity index is 1.68. The number of anilines is 2. The fourth-order valence-corrected chi connectivity index (χ4v) is 2.58. The smallest absolute Gasteiger partial charge is 0.316 e. The van der Waals surface area contributed by atoms with Crippen molar-refractivity contribution < 1.29 is 23.6 Å². The summed E-state index contributed by atoms with van der Waals surface area (Å²) in [6.45, 7) is 3.15. The number of rotatable bonds is 8. The van der Waals surface area contributed by atoms with Gasteiger partial charge in [0.1, 0.15) is 5.76 Å². The number of amides is 2. The molecule has 0 unspecified atom stereocenters. The van der Waals surface area contributed by atoms with Gasteiger partial charge >= 0.3 is 5.97 Å². The van der Waals surface area contributed by atoms with Crippen molar-refractivity contribution >= 4 is 41.1 Å². The topological polar surface area (TPSA) is 134 Å². The minimum atomic E-state index is -1.00. The summed E-state index contributed by atoms with van der Waals surface area (Å²) in [7, 11) is 0. The number of thioether (sulfide) groups is 1. The number of nitriles is 1. The Labute approximate surface area is 165 Å². The van der Waals surface area contributed by atoms with Gasteiger partial charge in [-0.15, -0.1) is 11.8 Å². The number of benzene rings is 1. The van der Waals surface area contributed by atoms with Crippen LogP contribution in [-0.2, 0) is 19.1 Å². The van der Waals surface area contributed by atoms with Gasteiger partial charge in [-0.05, 0) is 38.1 Å². The van der Waals surface area contributed by atoms with Crippen LogP contribution in [0.4, 0.5) is 11.5 Å². The zero-order chi connectivity index (χ0) is 20.5. The van der Waals surface area contributed by atoms with Gasteiger partial charge in [-0.25, -0.2) is 0 Å². The average Bonchev–Trinajstić information content (AvgIpc) is 3.06. The number of carbonyl (C=O) groups is 3. The van der Waals surface area contributed by atoms with Crippen molar-refractivity contribution in [1.82, 2.24) is 5.16 Å². The number of nitrogens with zero attached hydrogens (tertiary/aromatic N) is 2. The van der Waals surface area contributed by atoms with Crippen LogP contribution < -0.4 is 10.6 Å². The Kier molecular flexibility index (Phi) is 7.59. The van der Waals surface area contributed by atoms with E-state index in [1.807, 2.05) is 6.07 Å². The van der Waals surface area contributed by atoms with Crippen LogP contribution in [0.2, 0.25) is 0 Å². The van der Waals surface area contributed by atoms with E-state index in [0.717, 1.165) is 11.8 Å². The summed E-state index contributed by atoms with van der Waals surface area (Å²) in [5, 5.41) is 17.5. The number of esters is 1. The van der Waals surface area contributed by atoms with E-state index in [1.165, 1.54) is 6.92 Å². The highest BCUT2D eigenvalue weighted by atomic mass is 32.2. The number of ether oxygens (including phenoxy) is 1. The van der Waals surface area contributed by atoms with Crippen molar-refractivity contribution in [3.8, 4) is 6.07 Å². The maximum Gasteiger partial charge on any atom is 0.316 e. The molecule has 0 radical (unpaired) electrons. The molecule has 2 rings (SSSR count). The van der Waals surface area contributed by atoms with Crippen molar-refractivity contribution in [3.63, 3.8) is 0 Å². The molecule has 1 atom stereocenters. The van der Waals surface area contributed by atoms with Crippen LogP contribution in [0.15, 0.2) is 34.9 Å². The highest BCUT2D eigenvalue weighted by molar-refractivity contribution is 8.00. The summed E-state index contributed by atoms with van der Waals surface area (Å²) in [5.74, 6) is -0.636. The van der Waals surface area contributed by atoms with Crippen molar-refractivity contribution in [3.05, 3.63) is 41.7 Å². The van der Waals surface area contributed by atoms with E-state index in [4.69, 9.17) is 14.5 Å². The molecule has 9 nitrogen and oxygen atoms in total. The Bertz CT molecular complexity index is 888. The van der Waals surface area contributed by atoms with E-state index in [2.05, 4.69) is 15.8 Å². The Hall–Kier alpha value is -3.32. The Morgan fingerprint density at radius 2 is 1.96 bits per heavy atom. The first-order valence-electron chi connectivity index (χ1n) is 8.19. The molecule has 0 aliphatic heterocycles. The van der Waals surface area contributed by atoms with E-state index in [1.54, 1.807) is 37.3 Å². The first-order valence-corrected chi connectivity index (χ1v) is 9.34. The summed E-state index contributed by atoms with van der Waals surface area (Å²) < 4.78 is 9.88. The number of hydrogen-bond acceptors (Lipinski definition) is 8. The average molecular weight is 402 g/mol. The maximum atomic E-state index is 12.0. The highest BCUT2D eigenvalue weighted by Crippen LogP contribution is 2.11. The zero-order valence-corrected chi connectivity index (χ0v) is 16.0. The Morgan fingerprint density at radius 1 is 1.25 bits per heavy atom. The first kappa shape index (κ1) is 21.0. The molecule has 2 amide bonds. The van der Waals surface area contributed by atoms with Crippen LogP contribution in [0, 0.1) is 18.3 Å². The quantitative estimate of drug-likeness (QED) is 0.641. The van der Waals surface area contributed by atoms with Gasteiger partial charge in [-0.3, -0.25) is 14.4 Å². The van der Waals surface area contributed by atoms with E-state index >= 15 is 0 Å². The molecule has 0 saturated heterocycles. The monoisotopic (exact) mass is 402 g/mol. The molecule has 0 spiro atoms. The fraction of sp³-hybridized carbons (Fsp3) is 0.278.